The molecule has 1 N–H and O–H groups in total. The van der Waals surface area contributed by atoms with Gasteiger partial charge in [-0.3, -0.25) is 4.98 Å². The number of ether oxygens (including phenoxy) is 1. The highest BCUT2D eigenvalue weighted by Crippen LogP contribution is 2.33. The summed E-state index contributed by atoms with van der Waals surface area (Å²) in [4.78, 5) is 16.3. The lowest BCUT2D eigenvalue weighted by Crippen LogP contribution is -2.11. The monoisotopic (exact) mass is 313 g/mol. The van der Waals surface area contributed by atoms with Crippen molar-refractivity contribution in [3.63, 3.8) is 0 Å². The Balaban J connectivity index is 2.21. The number of aryl methyl sites for hydroxylation is 1. The molecule has 0 atom stereocenters. The third-order valence-electron chi connectivity index (χ3n) is 3.58. The van der Waals surface area contributed by atoms with Crippen LogP contribution in [0.3, 0.4) is 0 Å². The van der Waals surface area contributed by atoms with Gasteiger partial charge in [0.05, 0.1) is 17.8 Å². The van der Waals surface area contributed by atoms with Crippen LogP contribution >= 0.6 is 0 Å². The number of halogens is 1. The van der Waals surface area contributed by atoms with Gasteiger partial charge in [0.15, 0.2) is 5.69 Å². The minimum Gasteiger partial charge on any atom is -0.461 e. The van der Waals surface area contributed by atoms with E-state index in [1.807, 2.05) is 0 Å². The Hall–Kier alpha value is -2.89. The van der Waals surface area contributed by atoms with Crippen LogP contribution in [0.25, 0.3) is 10.9 Å². The average Bonchev–Trinajstić information content (AvgIpc) is 2.80. The molecule has 0 amide bonds. The van der Waals surface area contributed by atoms with E-state index in [-0.39, 0.29) is 12.4 Å². The van der Waals surface area contributed by atoms with Gasteiger partial charge >= 0.3 is 5.97 Å². The minimum absolute atomic E-state index is 0.267. The van der Waals surface area contributed by atoms with E-state index in [0.29, 0.717) is 16.8 Å². The summed E-state index contributed by atoms with van der Waals surface area (Å²) in [7, 11) is 1.75. The Kier molecular flexibility index (Phi) is 3.97. The molecule has 3 rings (SSSR count). The van der Waals surface area contributed by atoms with Crippen LogP contribution in [-0.2, 0) is 11.8 Å². The van der Waals surface area contributed by atoms with Crippen molar-refractivity contribution >= 4 is 28.2 Å². The van der Waals surface area contributed by atoms with E-state index in [1.54, 1.807) is 49.1 Å². The quantitative estimate of drug-likeness (QED) is 0.747. The number of rotatable bonds is 4. The number of hydrogen-bond acceptors (Lipinski definition) is 4. The molecule has 23 heavy (non-hydrogen) atoms. The van der Waals surface area contributed by atoms with Gasteiger partial charge in [-0.1, -0.05) is 0 Å². The number of carbonyl (C=O) groups is 1. The number of aromatic nitrogens is 2. The summed E-state index contributed by atoms with van der Waals surface area (Å²) in [5, 5.41) is 3.79. The van der Waals surface area contributed by atoms with E-state index in [0.717, 1.165) is 11.2 Å². The largest absolute Gasteiger partial charge is 0.461 e. The van der Waals surface area contributed by atoms with Crippen LogP contribution in [0.5, 0.6) is 0 Å². The first-order valence-electron chi connectivity index (χ1n) is 7.24. The van der Waals surface area contributed by atoms with Gasteiger partial charge in [-0.05, 0) is 37.3 Å². The van der Waals surface area contributed by atoms with Gasteiger partial charge in [-0.25, -0.2) is 9.18 Å². The number of benzene rings is 1. The fourth-order valence-electron chi connectivity index (χ4n) is 2.56. The van der Waals surface area contributed by atoms with E-state index in [4.69, 9.17) is 4.74 Å². The predicted molar refractivity (Wildman–Crippen MR) is 86.4 cm³/mol. The number of nitrogens with one attached hydrogen (secondary N) is 1. The summed E-state index contributed by atoms with van der Waals surface area (Å²) in [6.07, 6.45) is 3.27. The van der Waals surface area contributed by atoms with E-state index in [2.05, 4.69) is 10.3 Å². The van der Waals surface area contributed by atoms with Gasteiger partial charge in [0.2, 0.25) is 0 Å². The maximum Gasteiger partial charge on any atom is 0.357 e. The normalized spacial score (nSPS) is 10.7. The number of esters is 1. The highest BCUT2D eigenvalue weighted by atomic mass is 19.1. The molecular weight excluding hydrogens is 297 g/mol. The molecule has 0 saturated heterocycles. The van der Waals surface area contributed by atoms with Crippen molar-refractivity contribution in [2.75, 3.05) is 11.9 Å². The summed E-state index contributed by atoms with van der Waals surface area (Å²) in [6.45, 7) is 2.01. The van der Waals surface area contributed by atoms with Crippen molar-refractivity contribution in [3.8, 4) is 0 Å². The Morgan fingerprint density at radius 3 is 2.74 bits per heavy atom. The van der Waals surface area contributed by atoms with Crippen LogP contribution in [-0.4, -0.2) is 22.1 Å². The first-order chi connectivity index (χ1) is 11.1. The molecule has 0 saturated carbocycles. The fraction of sp³-hybridized carbons (Fsp3) is 0.176. The highest BCUT2D eigenvalue weighted by Gasteiger charge is 2.22. The average molecular weight is 313 g/mol. The molecule has 2 heterocycles. The number of anilines is 2. The molecule has 3 aromatic rings. The molecule has 0 fully saturated rings. The van der Waals surface area contributed by atoms with E-state index < -0.39 is 5.97 Å². The first-order valence-corrected chi connectivity index (χ1v) is 7.24. The second-order valence-electron chi connectivity index (χ2n) is 5.03. The molecule has 5 nitrogen and oxygen atoms in total. The summed E-state index contributed by atoms with van der Waals surface area (Å²) in [5.74, 6) is -0.820. The van der Waals surface area contributed by atoms with Crippen LogP contribution in [0.4, 0.5) is 15.8 Å². The van der Waals surface area contributed by atoms with Gasteiger partial charge in [0.25, 0.3) is 0 Å². The Morgan fingerprint density at radius 2 is 2.04 bits per heavy atom. The number of fused-ring (bicyclic) bond motifs is 1. The van der Waals surface area contributed by atoms with Gasteiger partial charge < -0.3 is 14.6 Å². The number of hydrogen-bond donors (Lipinski definition) is 1. The molecule has 0 aliphatic rings. The van der Waals surface area contributed by atoms with E-state index in [9.17, 15) is 9.18 Å². The summed E-state index contributed by atoms with van der Waals surface area (Å²) < 4.78 is 20.5. The molecule has 0 unspecified atom stereocenters. The Morgan fingerprint density at radius 1 is 1.30 bits per heavy atom. The topological polar surface area (TPSA) is 56.1 Å². The second-order valence-corrected chi connectivity index (χ2v) is 5.03. The SMILES string of the molecule is CCOC(=O)c1c(Nc2ccncc2)c2cc(F)ccc2n1C. The highest BCUT2D eigenvalue weighted by molar-refractivity contribution is 6.08. The molecule has 0 spiro atoms. The van der Waals surface area contributed by atoms with Gasteiger partial charge in [0, 0.05) is 30.5 Å². The molecule has 0 aliphatic carbocycles. The number of carbonyl (C=O) groups excluding carboxylic acids is 1. The van der Waals surface area contributed by atoms with Crippen molar-refractivity contribution in [2.24, 2.45) is 7.05 Å². The zero-order valence-corrected chi connectivity index (χ0v) is 12.8. The number of nitrogens with zero attached hydrogens (tertiary/aromatic N) is 2. The third-order valence-corrected chi connectivity index (χ3v) is 3.58. The molecule has 0 aliphatic heterocycles. The van der Waals surface area contributed by atoms with Crippen molar-refractivity contribution in [1.29, 1.82) is 0 Å². The van der Waals surface area contributed by atoms with Crippen molar-refractivity contribution < 1.29 is 13.9 Å². The fourth-order valence-corrected chi connectivity index (χ4v) is 2.56. The maximum absolute atomic E-state index is 13.7. The molecule has 2 aromatic heterocycles. The third kappa shape index (κ3) is 2.75. The van der Waals surface area contributed by atoms with E-state index in [1.165, 1.54) is 12.1 Å². The summed E-state index contributed by atoms with van der Waals surface area (Å²) in [6, 6.07) is 7.96. The standard InChI is InChI=1S/C17H16FN3O2/c1-3-23-17(22)16-15(20-12-6-8-19-9-7-12)13-10-11(18)4-5-14(13)21(16)2/h4-10H,3H2,1-2H3,(H,19,20). The van der Waals surface area contributed by atoms with Gasteiger partial charge in [0.1, 0.15) is 5.82 Å². The predicted octanol–water partition coefficient (Wildman–Crippen LogP) is 3.63. The number of pyridine rings is 1. The van der Waals surface area contributed by atoms with Crippen LogP contribution in [0.15, 0.2) is 42.7 Å². The van der Waals surface area contributed by atoms with Crippen molar-refractivity contribution in [1.82, 2.24) is 9.55 Å². The minimum atomic E-state index is -0.455. The summed E-state index contributed by atoms with van der Waals surface area (Å²) >= 11 is 0. The van der Waals surface area contributed by atoms with Crippen LogP contribution in [0.2, 0.25) is 0 Å². The molecule has 6 heteroatoms. The lowest BCUT2D eigenvalue weighted by molar-refractivity contribution is 0.0517. The zero-order chi connectivity index (χ0) is 16.4. The van der Waals surface area contributed by atoms with Crippen LogP contribution in [0.1, 0.15) is 17.4 Å². The molecule has 0 radical (unpaired) electrons. The lowest BCUT2D eigenvalue weighted by Gasteiger charge is -2.09. The van der Waals surface area contributed by atoms with Gasteiger partial charge in [-0.15, -0.1) is 0 Å². The second kappa shape index (κ2) is 6.08. The lowest BCUT2D eigenvalue weighted by atomic mass is 10.2. The zero-order valence-electron chi connectivity index (χ0n) is 12.8. The van der Waals surface area contributed by atoms with Crippen LogP contribution < -0.4 is 5.32 Å². The Labute approximate surface area is 132 Å². The molecule has 118 valence electrons. The van der Waals surface area contributed by atoms with Gasteiger partial charge in [-0.2, -0.15) is 0 Å². The Bertz CT molecular complexity index is 859. The maximum atomic E-state index is 13.7. The molecule has 1 aromatic carbocycles. The van der Waals surface area contributed by atoms with Crippen molar-refractivity contribution in [3.05, 3.63) is 54.2 Å². The van der Waals surface area contributed by atoms with E-state index >= 15 is 0 Å². The molecule has 0 bridgehead atoms. The summed E-state index contributed by atoms with van der Waals surface area (Å²) in [5.41, 5.74) is 2.37. The van der Waals surface area contributed by atoms with Crippen LogP contribution in [0, 0.1) is 5.82 Å². The smallest absolute Gasteiger partial charge is 0.357 e. The van der Waals surface area contributed by atoms with Crippen molar-refractivity contribution in [2.45, 2.75) is 6.92 Å². The molecular formula is C17H16FN3O2. The first kappa shape index (κ1) is 15.0.